The molecular formula is C13H18N4O2. The van der Waals surface area contributed by atoms with Crippen LogP contribution in [0.25, 0.3) is 11.0 Å². The van der Waals surface area contributed by atoms with Gasteiger partial charge in [0.25, 0.3) is 0 Å². The smallest absolute Gasteiger partial charge is 0.224 e. The summed E-state index contributed by atoms with van der Waals surface area (Å²) in [6.07, 6.45) is 1.89. The molecular weight excluding hydrogens is 244 g/mol. The average Bonchev–Trinajstić information content (AvgIpc) is 2.62. The van der Waals surface area contributed by atoms with E-state index in [1.165, 1.54) is 0 Å². The molecule has 2 aromatic rings. The van der Waals surface area contributed by atoms with Crippen molar-refractivity contribution >= 4 is 22.6 Å². The minimum atomic E-state index is -0.466. The number of anilines is 1. The van der Waals surface area contributed by atoms with Crippen molar-refractivity contribution in [2.45, 2.75) is 32.8 Å². The van der Waals surface area contributed by atoms with Crippen molar-refractivity contribution in [2.24, 2.45) is 7.05 Å². The third-order valence-corrected chi connectivity index (χ3v) is 2.94. The molecule has 0 radical (unpaired) electrons. The van der Waals surface area contributed by atoms with Crippen molar-refractivity contribution in [1.29, 1.82) is 0 Å². The number of aryl methyl sites for hydroxylation is 2. The molecule has 1 unspecified atom stereocenters. The predicted molar refractivity (Wildman–Crippen MR) is 72.8 cm³/mol. The summed E-state index contributed by atoms with van der Waals surface area (Å²) in [4.78, 5) is 16.0. The Bertz CT molecular complexity index is 604. The normalized spacial score (nSPS) is 12.6. The molecule has 0 aliphatic rings. The van der Waals surface area contributed by atoms with Crippen LogP contribution < -0.4 is 5.32 Å². The van der Waals surface area contributed by atoms with Crippen LogP contribution in [0.15, 0.2) is 12.3 Å². The predicted octanol–water partition coefficient (Wildman–Crippen LogP) is 1.38. The van der Waals surface area contributed by atoms with E-state index in [0.717, 1.165) is 16.7 Å². The zero-order valence-corrected chi connectivity index (χ0v) is 11.3. The Morgan fingerprint density at radius 1 is 1.58 bits per heavy atom. The van der Waals surface area contributed by atoms with Crippen LogP contribution >= 0.6 is 0 Å². The lowest BCUT2D eigenvalue weighted by Gasteiger charge is -2.06. The minimum absolute atomic E-state index is 0.122. The standard InChI is InChI=1S/C13H18N4O2/c1-8(18)4-5-12(19)15-10-6-11-9(2)16-17(3)13(11)14-7-10/h6-8,18H,4-5H2,1-3H3,(H,15,19). The number of nitrogens with one attached hydrogen (secondary N) is 1. The number of rotatable bonds is 4. The summed E-state index contributed by atoms with van der Waals surface area (Å²) in [6.45, 7) is 3.57. The first-order valence-electron chi connectivity index (χ1n) is 6.24. The second-order valence-corrected chi connectivity index (χ2v) is 4.74. The number of aliphatic hydroxyl groups is 1. The fourth-order valence-electron chi connectivity index (χ4n) is 1.94. The number of amides is 1. The lowest BCUT2D eigenvalue weighted by atomic mass is 10.2. The fraction of sp³-hybridized carbons (Fsp3) is 0.462. The Kier molecular flexibility index (Phi) is 3.80. The van der Waals surface area contributed by atoms with Gasteiger partial charge < -0.3 is 10.4 Å². The summed E-state index contributed by atoms with van der Waals surface area (Å²) in [5, 5.41) is 17.1. The van der Waals surface area contributed by atoms with Crippen LogP contribution in [0.4, 0.5) is 5.69 Å². The van der Waals surface area contributed by atoms with Gasteiger partial charge >= 0.3 is 0 Å². The highest BCUT2D eigenvalue weighted by molar-refractivity contribution is 5.93. The minimum Gasteiger partial charge on any atom is -0.393 e. The van der Waals surface area contributed by atoms with E-state index in [-0.39, 0.29) is 5.91 Å². The molecule has 2 heterocycles. The van der Waals surface area contributed by atoms with Gasteiger partial charge in [-0.3, -0.25) is 9.48 Å². The summed E-state index contributed by atoms with van der Waals surface area (Å²) >= 11 is 0. The molecule has 1 amide bonds. The number of hydrogen-bond donors (Lipinski definition) is 2. The quantitative estimate of drug-likeness (QED) is 0.872. The molecule has 2 rings (SSSR count). The van der Waals surface area contributed by atoms with Gasteiger partial charge in [0.05, 0.1) is 23.7 Å². The molecule has 19 heavy (non-hydrogen) atoms. The molecule has 6 nitrogen and oxygen atoms in total. The summed E-state index contributed by atoms with van der Waals surface area (Å²) in [6, 6.07) is 1.87. The van der Waals surface area contributed by atoms with E-state index in [0.29, 0.717) is 18.5 Å². The second kappa shape index (κ2) is 5.36. The first-order valence-corrected chi connectivity index (χ1v) is 6.24. The van der Waals surface area contributed by atoms with E-state index >= 15 is 0 Å². The highest BCUT2D eigenvalue weighted by Crippen LogP contribution is 2.19. The van der Waals surface area contributed by atoms with Gasteiger partial charge in [-0.1, -0.05) is 0 Å². The fourth-order valence-corrected chi connectivity index (χ4v) is 1.94. The molecule has 0 saturated heterocycles. The molecule has 0 saturated carbocycles. The zero-order valence-electron chi connectivity index (χ0n) is 11.3. The maximum Gasteiger partial charge on any atom is 0.224 e. The van der Waals surface area contributed by atoms with Crippen molar-refractivity contribution in [3.05, 3.63) is 18.0 Å². The monoisotopic (exact) mass is 262 g/mol. The maximum absolute atomic E-state index is 11.7. The Morgan fingerprint density at radius 3 is 3.00 bits per heavy atom. The first-order chi connectivity index (χ1) is 8.97. The van der Waals surface area contributed by atoms with Gasteiger partial charge in [-0.05, 0) is 26.3 Å². The Labute approximate surface area is 111 Å². The third kappa shape index (κ3) is 3.08. The highest BCUT2D eigenvalue weighted by Gasteiger charge is 2.09. The molecule has 0 aliphatic heterocycles. The van der Waals surface area contributed by atoms with Gasteiger partial charge in [0.15, 0.2) is 5.65 Å². The number of aromatic nitrogens is 3. The molecule has 0 spiro atoms. The first kappa shape index (κ1) is 13.5. The SMILES string of the molecule is Cc1nn(C)c2ncc(NC(=O)CCC(C)O)cc12. The van der Waals surface area contributed by atoms with Crippen molar-refractivity contribution < 1.29 is 9.90 Å². The van der Waals surface area contributed by atoms with Gasteiger partial charge in [-0.25, -0.2) is 4.98 Å². The van der Waals surface area contributed by atoms with E-state index < -0.39 is 6.10 Å². The van der Waals surface area contributed by atoms with E-state index in [4.69, 9.17) is 5.11 Å². The number of carbonyl (C=O) groups excluding carboxylic acids is 1. The van der Waals surface area contributed by atoms with Gasteiger partial charge in [-0.2, -0.15) is 5.10 Å². The lowest BCUT2D eigenvalue weighted by molar-refractivity contribution is -0.116. The Balaban J connectivity index is 2.13. The molecule has 0 bridgehead atoms. The van der Waals surface area contributed by atoms with Crippen LogP contribution in [0, 0.1) is 6.92 Å². The molecule has 2 aromatic heterocycles. The van der Waals surface area contributed by atoms with Crippen molar-refractivity contribution in [1.82, 2.24) is 14.8 Å². The molecule has 0 fully saturated rings. The number of nitrogens with zero attached hydrogens (tertiary/aromatic N) is 3. The lowest BCUT2D eigenvalue weighted by Crippen LogP contribution is -2.14. The van der Waals surface area contributed by atoms with Crippen LogP contribution in [-0.2, 0) is 11.8 Å². The molecule has 0 aliphatic carbocycles. The summed E-state index contributed by atoms with van der Waals surface area (Å²) < 4.78 is 1.71. The maximum atomic E-state index is 11.7. The van der Waals surface area contributed by atoms with Gasteiger partial charge in [-0.15, -0.1) is 0 Å². The number of aliphatic hydroxyl groups excluding tert-OH is 1. The van der Waals surface area contributed by atoms with Crippen molar-refractivity contribution in [2.75, 3.05) is 5.32 Å². The number of carbonyl (C=O) groups is 1. The largest absolute Gasteiger partial charge is 0.393 e. The number of hydrogen-bond acceptors (Lipinski definition) is 4. The topological polar surface area (TPSA) is 80.0 Å². The summed E-state index contributed by atoms with van der Waals surface area (Å²) in [5.41, 5.74) is 2.32. The van der Waals surface area contributed by atoms with Crippen LogP contribution in [0.5, 0.6) is 0 Å². The van der Waals surface area contributed by atoms with E-state index in [2.05, 4.69) is 15.4 Å². The average molecular weight is 262 g/mol. The van der Waals surface area contributed by atoms with E-state index in [1.54, 1.807) is 17.8 Å². The summed E-state index contributed by atoms with van der Waals surface area (Å²) in [5.74, 6) is -0.122. The molecule has 6 heteroatoms. The third-order valence-electron chi connectivity index (χ3n) is 2.94. The van der Waals surface area contributed by atoms with Gasteiger partial charge in [0.2, 0.25) is 5.91 Å². The second-order valence-electron chi connectivity index (χ2n) is 4.74. The van der Waals surface area contributed by atoms with Crippen LogP contribution in [-0.4, -0.2) is 31.9 Å². The molecule has 102 valence electrons. The van der Waals surface area contributed by atoms with E-state index in [9.17, 15) is 4.79 Å². The molecule has 0 aromatic carbocycles. The zero-order chi connectivity index (χ0) is 14.0. The van der Waals surface area contributed by atoms with Crippen molar-refractivity contribution in [3.63, 3.8) is 0 Å². The van der Waals surface area contributed by atoms with Crippen LogP contribution in [0.2, 0.25) is 0 Å². The van der Waals surface area contributed by atoms with Gasteiger partial charge in [0, 0.05) is 18.9 Å². The molecule has 2 N–H and O–H groups in total. The molecule has 1 atom stereocenters. The Morgan fingerprint density at radius 2 is 2.32 bits per heavy atom. The summed E-state index contributed by atoms with van der Waals surface area (Å²) in [7, 11) is 1.84. The van der Waals surface area contributed by atoms with Gasteiger partial charge in [0.1, 0.15) is 0 Å². The number of fused-ring (bicyclic) bond motifs is 1. The van der Waals surface area contributed by atoms with Crippen LogP contribution in [0.1, 0.15) is 25.5 Å². The number of pyridine rings is 1. The van der Waals surface area contributed by atoms with Crippen LogP contribution in [0.3, 0.4) is 0 Å². The Hall–Kier alpha value is -1.95. The van der Waals surface area contributed by atoms with Crippen molar-refractivity contribution in [3.8, 4) is 0 Å². The van der Waals surface area contributed by atoms with E-state index in [1.807, 2.05) is 20.0 Å². The highest BCUT2D eigenvalue weighted by atomic mass is 16.3.